The van der Waals surface area contributed by atoms with Gasteiger partial charge in [-0.05, 0) is 61.8 Å². The molecule has 8 aromatic rings. The summed E-state index contributed by atoms with van der Waals surface area (Å²) in [6.07, 6.45) is 0. The van der Waals surface area contributed by atoms with Gasteiger partial charge in [0, 0.05) is 16.3 Å². The van der Waals surface area contributed by atoms with E-state index in [1.54, 1.807) is 0 Å². The van der Waals surface area contributed by atoms with Crippen molar-refractivity contribution in [2.45, 2.75) is 5.41 Å². The molecule has 45 heavy (non-hydrogen) atoms. The Bertz CT molecular complexity index is 2350. The molecule has 4 heteroatoms. The van der Waals surface area contributed by atoms with Crippen molar-refractivity contribution < 1.29 is 14.1 Å². The lowest BCUT2D eigenvalue weighted by Crippen LogP contribution is -2.28. The van der Waals surface area contributed by atoms with Gasteiger partial charge in [-0.15, -0.1) is 0 Å². The lowest BCUT2D eigenvalue weighted by atomic mass is 9.67. The molecule has 3 nitrogen and oxygen atoms in total. The number of hydrogen-bond donors (Lipinski definition) is 1. The second-order valence-electron chi connectivity index (χ2n) is 11.6. The SMILES string of the molecule is OBOc1cc2ccccc2c2c1oc1c(-c3ccc4c(c3)C(c3ccccc3)(c3ccccc3)c3ccccc3-4)cccc12. The van der Waals surface area contributed by atoms with Gasteiger partial charge in [0.25, 0.3) is 0 Å². The Hall–Kier alpha value is -5.58. The third-order valence-corrected chi connectivity index (χ3v) is 9.45. The van der Waals surface area contributed by atoms with Gasteiger partial charge < -0.3 is 14.1 Å². The summed E-state index contributed by atoms with van der Waals surface area (Å²) < 4.78 is 12.4. The molecule has 0 fully saturated rings. The molecule has 1 N–H and O–H groups in total. The van der Waals surface area contributed by atoms with E-state index in [9.17, 15) is 5.02 Å². The van der Waals surface area contributed by atoms with Crippen molar-refractivity contribution >= 4 is 40.4 Å². The highest BCUT2D eigenvalue weighted by atomic mass is 16.5. The normalized spacial score (nSPS) is 13.2. The van der Waals surface area contributed by atoms with Crippen LogP contribution in [0, 0.1) is 0 Å². The second kappa shape index (κ2) is 9.98. The molecule has 9 rings (SSSR count). The average Bonchev–Trinajstić information content (AvgIpc) is 3.64. The molecule has 0 amide bonds. The maximum absolute atomic E-state index is 9.70. The predicted octanol–water partition coefficient (Wildman–Crippen LogP) is 9.41. The Morgan fingerprint density at radius 2 is 1.18 bits per heavy atom. The summed E-state index contributed by atoms with van der Waals surface area (Å²) >= 11 is 0. The molecule has 0 atom stereocenters. The van der Waals surface area contributed by atoms with Crippen LogP contribution in [0.25, 0.3) is 55.0 Å². The van der Waals surface area contributed by atoms with E-state index in [-0.39, 0.29) is 0 Å². The van der Waals surface area contributed by atoms with E-state index < -0.39 is 13.1 Å². The van der Waals surface area contributed by atoms with Crippen LogP contribution in [0.4, 0.5) is 0 Å². The molecule has 0 saturated carbocycles. The minimum absolute atomic E-state index is 0.427. The van der Waals surface area contributed by atoms with E-state index in [1.807, 2.05) is 18.2 Å². The third-order valence-electron chi connectivity index (χ3n) is 9.45. The van der Waals surface area contributed by atoms with Crippen molar-refractivity contribution in [3.05, 3.63) is 174 Å². The fraction of sp³-hybridized carbons (Fsp3) is 0.0244. The second-order valence-corrected chi connectivity index (χ2v) is 11.6. The molecule has 0 unspecified atom stereocenters. The fourth-order valence-electron chi connectivity index (χ4n) is 7.63. The number of hydrogen-bond acceptors (Lipinski definition) is 3. The van der Waals surface area contributed by atoms with Gasteiger partial charge in [-0.25, -0.2) is 0 Å². The first-order chi connectivity index (χ1) is 22.3. The van der Waals surface area contributed by atoms with Crippen LogP contribution in [0.5, 0.6) is 5.75 Å². The zero-order valence-electron chi connectivity index (χ0n) is 24.4. The number of rotatable bonds is 5. The first-order valence-electron chi connectivity index (χ1n) is 15.3. The summed E-state index contributed by atoms with van der Waals surface area (Å²) in [6.45, 7) is 0. The van der Waals surface area contributed by atoms with Gasteiger partial charge in [0.2, 0.25) is 0 Å². The quantitative estimate of drug-likeness (QED) is 0.207. The lowest BCUT2D eigenvalue weighted by Gasteiger charge is -2.34. The van der Waals surface area contributed by atoms with Crippen molar-refractivity contribution in [2.24, 2.45) is 0 Å². The Labute approximate surface area is 261 Å². The minimum Gasteiger partial charge on any atom is -0.536 e. The molecule has 0 saturated heterocycles. The standard InChI is InChI=1S/C41H27BO3/c43-42-45-37-25-26-12-7-8-17-30(26)38-34-20-11-19-31(39(34)44-40(37)38)27-22-23-33-32-18-9-10-21-35(32)41(36(33)24-27,28-13-3-1-4-14-28)29-15-5-2-6-16-29/h1-25,42-43H. The van der Waals surface area contributed by atoms with Gasteiger partial charge in [-0.2, -0.15) is 0 Å². The van der Waals surface area contributed by atoms with Gasteiger partial charge in [-0.1, -0.05) is 140 Å². The van der Waals surface area contributed by atoms with Crippen molar-refractivity contribution in [3.63, 3.8) is 0 Å². The molecule has 0 spiro atoms. The zero-order chi connectivity index (χ0) is 30.0. The van der Waals surface area contributed by atoms with Gasteiger partial charge in [0.15, 0.2) is 5.58 Å². The van der Waals surface area contributed by atoms with Gasteiger partial charge >= 0.3 is 7.69 Å². The van der Waals surface area contributed by atoms with Gasteiger partial charge in [0.05, 0.1) is 5.41 Å². The van der Waals surface area contributed by atoms with E-state index in [0.717, 1.165) is 38.3 Å². The molecule has 7 aromatic carbocycles. The van der Waals surface area contributed by atoms with E-state index in [4.69, 9.17) is 9.07 Å². The Morgan fingerprint density at radius 1 is 0.533 bits per heavy atom. The molecule has 1 aliphatic carbocycles. The van der Waals surface area contributed by atoms with Crippen molar-refractivity contribution in [2.75, 3.05) is 0 Å². The van der Waals surface area contributed by atoms with Crippen LogP contribution < -0.4 is 4.65 Å². The van der Waals surface area contributed by atoms with Gasteiger partial charge in [0.1, 0.15) is 11.3 Å². The molecule has 1 heterocycles. The first-order valence-corrected chi connectivity index (χ1v) is 15.3. The molecule has 0 bridgehead atoms. The van der Waals surface area contributed by atoms with Crippen LogP contribution in [-0.4, -0.2) is 12.7 Å². The van der Waals surface area contributed by atoms with E-state index >= 15 is 0 Å². The number of benzene rings is 7. The molecule has 1 aliphatic rings. The first kappa shape index (κ1) is 25.9. The molecule has 0 radical (unpaired) electrons. The van der Waals surface area contributed by atoms with Crippen molar-refractivity contribution in [1.82, 2.24) is 0 Å². The van der Waals surface area contributed by atoms with Crippen LogP contribution in [0.3, 0.4) is 0 Å². The molecule has 1 aromatic heterocycles. The maximum Gasteiger partial charge on any atom is 0.504 e. The van der Waals surface area contributed by atoms with Crippen LogP contribution >= 0.6 is 0 Å². The summed E-state index contributed by atoms with van der Waals surface area (Å²) in [5.74, 6) is 0.532. The average molecular weight is 578 g/mol. The number of para-hydroxylation sites is 1. The summed E-state index contributed by atoms with van der Waals surface area (Å²) in [5, 5.41) is 13.8. The van der Waals surface area contributed by atoms with Crippen molar-refractivity contribution in [3.8, 4) is 28.0 Å². The maximum atomic E-state index is 9.70. The monoisotopic (exact) mass is 578 g/mol. The molecule has 0 aliphatic heterocycles. The Kier molecular flexibility index (Phi) is 5.74. The topological polar surface area (TPSA) is 42.6 Å². The van der Waals surface area contributed by atoms with Gasteiger partial charge in [-0.3, -0.25) is 0 Å². The van der Waals surface area contributed by atoms with Crippen molar-refractivity contribution in [1.29, 1.82) is 0 Å². The minimum atomic E-state index is -0.482. The van der Waals surface area contributed by atoms with E-state index in [0.29, 0.717) is 11.3 Å². The number of furan rings is 1. The predicted molar refractivity (Wildman–Crippen MR) is 184 cm³/mol. The Balaban J connectivity index is 1.35. The van der Waals surface area contributed by atoms with E-state index in [2.05, 4.69) is 133 Å². The summed E-state index contributed by atoms with van der Waals surface area (Å²) in [4.78, 5) is 0. The van der Waals surface area contributed by atoms with E-state index in [1.165, 1.54) is 33.4 Å². The molecular weight excluding hydrogens is 551 g/mol. The van der Waals surface area contributed by atoms with Crippen LogP contribution in [0.1, 0.15) is 22.3 Å². The summed E-state index contributed by atoms with van der Waals surface area (Å²) in [6, 6.07) is 53.9. The molecular formula is C41H27BO3. The molecule has 212 valence electrons. The lowest BCUT2D eigenvalue weighted by molar-refractivity contribution is 0.451. The Morgan fingerprint density at radius 3 is 1.96 bits per heavy atom. The third kappa shape index (κ3) is 3.64. The largest absolute Gasteiger partial charge is 0.536 e. The highest BCUT2D eigenvalue weighted by Crippen LogP contribution is 2.57. The fourth-order valence-corrected chi connectivity index (χ4v) is 7.63. The smallest absolute Gasteiger partial charge is 0.504 e. The summed E-state index contributed by atoms with van der Waals surface area (Å²) in [7, 11) is -0.427. The highest BCUT2D eigenvalue weighted by Gasteiger charge is 2.46. The van der Waals surface area contributed by atoms with Crippen LogP contribution in [-0.2, 0) is 5.41 Å². The highest BCUT2D eigenvalue weighted by molar-refractivity contribution is 6.24. The van der Waals surface area contributed by atoms with Crippen LogP contribution in [0.15, 0.2) is 156 Å². The number of fused-ring (bicyclic) bond motifs is 8. The summed E-state index contributed by atoms with van der Waals surface area (Å²) in [5.41, 5.74) is 10.5. The van der Waals surface area contributed by atoms with Crippen LogP contribution in [0.2, 0.25) is 0 Å². The zero-order valence-corrected chi connectivity index (χ0v) is 24.4.